The summed E-state index contributed by atoms with van der Waals surface area (Å²) in [6, 6.07) is 0. The number of carbonyl (C=O) groups excluding carboxylic acids is 1. The number of carbonyl (C=O) groups is 1. The van der Waals surface area contributed by atoms with Gasteiger partial charge in [-0.15, -0.1) is 0 Å². The maximum Gasteiger partial charge on any atom is 0.309 e. The first kappa shape index (κ1) is 13.1. The molecule has 0 amide bonds. The molecule has 0 aliphatic carbocycles. The lowest BCUT2D eigenvalue weighted by molar-refractivity contribution is -0.149. The molecule has 1 fully saturated rings. The van der Waals surface area contributed by atoms with E-state index in [2.05, 4.69) is 9.88 Å². The number of piperidine rings is 1. The van der Waals surface area contributed by atoms with Crippen LogP contribution in [-0.4, -0.2) is 40.1 Å². The second-order valence-electron chi connectivity index (χ2n) is 4.76. The summed E-state index contributed by atoms with van der Waals surface area (Å²) in [6.07, 6.45) is 5.56. The number of nitrogens with zero attached hydrogens (tertiary/aromatic N) is 3. The maximum absolute atomic E-state index is 11.6. The number of rotatable bonds is 4. The van der Waals surface area contributed by atoms with Crippen LogP contribution in [0.3, 0.4) is 0 Å². The van der Waals surface area contributed by atoms with E-state index in [-0.39, 0.29) is 11.9 Å². The molecule has 1 aliphatic heterocycles. The van der Waals surface area contributed by atoms with Gasteiger partial charge >= 0.3 is 5.97 Å². The molecule has 1 aliphatic rings. The molecule has 2 heterocycles. The fourth-order valence-corrected chi connectivity index (χ4v) is 2.34. The summed E-state index contributed by atoms with van der Waals surface area (Å²) in [7, 11) is 2.01. The van der Waals surface area contributed by atoms with Gasteiger partial charge in [0.1, 0.15) is 5.82 Å². The highest BCUT2D eigenvalue weighted by Crippen LogP contribution is 2.19. The Balaban J connectivity index is 1.80. The quantitative estimate of drug-likeness (QED) is 0.754. The highest BCUT2D eigenvalue weighted by atomic mass is 16.5. The Morgan fingerprint density at radius 1 is 1.50 bits per heavy atom. The molecular formula is C13H21N3O2. The van der Waals surface area contributed by atoms with E-state index in [0.717, 1.165) is 38.3 Å². The first-order valence-electron chi connectivity index (χ1n) is 6.56. The van der Waals surface area contributed by atoms with Gasteiger partial charge in [0.25, 0.3) is 0 Å². The number of aromatic nitrogens is 2. The normalized spacial score (nSPS) is 17.9. The van der Waals surface area contributed by atoms with Crippen molar-refractivity contribution in [2.75, 3.05) is 19.7 Å². The van der Waals surface area contributed by atoms with E-state index in [0.29, 0.717) is 6.61 Å². The minimum Gasteiger partial charge on any atom is -0.466 e. The number of likely N-dealkylation sites (tertiary alicyclic amines) is 1. The second kappa shape index (κ2) is 6.00. The average molecular weight is 251 g/mol. The van der Waals surface area contributed by atoms with Crippen LogP contribution in [-0.2, 0) is 23.1 Å². The number of aryl methyl sites for hydroxylation is 1. The molecule has 0 radical (unpaired) electrons. The Hall–Kier alpha value is -1.36. The largest absolute Gasteiger partial charge is 0.466 e. The Morgan fingerprint density at radius 3 is 2.78 bits per heavy atom. The number of imidazole rings is 1. The lowest BCUT2D eigenvalue weighted by Gasteiger charge is -2.30. The van der Waals surface area contributed by atoms with E-state index < -0.39 is 0 Å². The second-order valence-corrected chi connectivity index (χ2v) is 4.76. The van der Waals surface area contributed by atoms with Crippen molar-refractivity contribution < 1.29 is 9.53 Å². The van der Waals surface area contributed by atoms with Crippen LogP contribution in [0.5, 0.6) is 0 Å². The Kier molecular flexibility index (Phi) is 4.36. The van der Waals surface area contributed by atoms with E-state index in [1.165, 1.54) is 0 Å². The molecule has 2 rings (SSSR count). The van der Waals surface area contributed by atoms with Crippen LogP contribution in [0, 0.1) is 5.92 Å². The van der Waals surface area contributed by atoms with E-state index >= 15 is 0 Å². The van der Waals surface area contributed by atoms with Gasteiger partial charge in [-0.3, -0.25) is 9.69 Å². The lowest BCUT2D eigenvalue weighted by Crippen LogP contribution is -2.37. The Morgan fingerprint density at radius 2 is 2.22 bits per heavy atom. The highest BCUT2D eigenvalue weighted by molar-refractivity contribution is 5.72. The van der Waals surface area contributed by atoms with Gasteiger partial charge in [-0.05, 0) is 32.9 Å². The summed E-state index contributed by atoms with van der Waals surface area (Å²) >= 11 is 0. The summed E-state index contributed by atoms with van der Waals surface area (Å²) in [5, 5.41) is 0. The van der Waals surface area contributed by atoms with Crippen molar-refractivity contribution >= 4 is 5.97 Å². The van der Waals surface area contributed by atoms with Crippen LogP contribution in [0.1, 0.15) is 25.6 Å². The van der Waals surface area contributed by atoms with Gasteiger partial charge in [0.2, 0.25) is 0 Å². The van der Waals surface area contributed by atoms with Gasteiger partial charge in [0.15, 0.2) is 0 Å². The van der Waals surface area contributed by atoms with Crippen molar-refractivity contribution in [1.29, 1.82) is 0 Å². The Labute approximate surface area is 108 Å². The first-order chi connectivity index (χ1) is 8.70. The van der Waals surface area contributed by atoms with E-state index in [4.69, 9.17) is 4.74 Å². The zero-order chi connectivity index (χ0) is 13.0. The fraction of sp³-hybridized carbons (Fsp3) is 0.692. The van der Waals surface area contributed by atoms with Crippen molar-refractivity contribution in [3.63, 3.8) is 0 Å². The van der Waals surface area contributed by atoms with E-state index in [1.54, 1.807) is 0 Å². The molecular weight excluding hydrogens is 230 g/mol. The summed E-state index contributed by atoms with van der Waals surface area (Å²) < 4.78 is 7.11. The van der Waals surface area contributed by atoms with Gasteiger partial charge in [-0.2, -0.15) is 0 Å². The molecule has 0 spiro atoms. The van der Waals surface area contributed by atoms with Crippen LogP contribution in [0.15, 0.2) is 12.4 Å². The number of hydrogen-bond acceptors (Lipinski definition) is 4. The molecule has 1 saturated heterocycles. The average Bonchev–Trinajstić information content (AvgIpc) is 2.76. The fourth-order valence-electron chi connectivity index (χ4n) is 2.34. The third-order valence-corrected chi connectivity index (χ3v) is 3.49. The maximum atomic E-state index is 11.6. The van der Waals surface area contributed by atoms with E-state index in [9.17, 15) is 4.79 Å². The summed E-state index contributed by atoms with van der Waals surface area (Å²) in [6.45, 7) is 5.08. The number of hydrogen-bond donors (Lipinski definition) is 0. The SMILES string of the molecule is CCOC(=O)C1CCN(Cc2nccn2C)CC1. The molecule has 18 heavy (non-hydrogen) atoms. The monoisotopic (exact) mass is 251 g/mol. The van der Waals surface area contributed by atoms with Gasteiger partial charge in [-0.1, -0.05) is 0 Å². The van der Waals surface area contributed by atoms with Crippen LogP contribution in [0.2, 0.25) is 0 Å². The molecule has 0 atom stereocenters. The zero-order valence-electron chi connectivity index (χ0n) is 11.1. The third-order valence-electron chi connectivity index (χ3n) is 3.49. The molecule has 1 aromatic heterocycles. The number of ether oxygens (including phenoxy) is 1. The molecule has 0 saturated carbocycles. The summed E-state index contributed by atoms with van der Waals surface area (Å²) in [5.74, 6) is 1.13. The van der Waals surface area contributed by atoms with Crippen molar-refractivity contribution in [3.8, 4) is 0 Å². The topological polar surface area (TPSA) is 47.4 Å². The third kappa shape index (κ3) is 3.10. The lowest BCUT2D eigenvalue weighted by atomic mass is 9.97. The van der Waals surface area contributed by atoms with Crippen LogP contribution >= 0.6 is 0 Å². The first-order valence-corrected chi connectivity index (χ1v) is 6.56. The zero-order valence-corrected chi connectivity index (χ0v) is 11.1. The van der Waals surface area contributed by atoms with Crippen molar-refractivity contribution in [2.24, 2.45) is 13.0 Å². The van der Waals surface area contributed by atoms with Crippen LogP contribution in [0.4, 0.5) is 0 Å². The van der Waals surface area contributed by atoms with Gasteiger partial charge in [0, 0.05) is 19.4 Å². The summed E-state index contributed by atoms with van der Waals surface area (Å²) in [4.78, 5) is 18.3. The minimum absolute atomic E-state index is 0.0332. The molecule has 0 aromatic carbocycles. The minimum atomic E-state index is -0.0332. The summed E-state index contributed by atoms with van der Waals surface area (Å²) in [5.41, 5.74) is 0. The predicted molar refractivity (Wildman–Crippen MR) is 67.8 cm³/mol. The molecule has 5 nitrogen and oxygen atoms in total. The standard InChI is InChI=1S/C13H21N3O2/c1-3-18-13(17)11-4-7-16(8-5-11)10-12-14-6-9-15(12)2/h6,9,11H,3-5,7-8,10H2,1-2H3. The van der Waals surface area contributed by atoms with Crippen LogP contribution in [0.25, 0.3) is 0 Å². The predicted octanol–water partition coefficient (Wildman–Crippen LogP) is 1.20. The molecule has 1 aromatic rings. The van der Waals surface area contributed by atoms with Crippen molar-refractivity contribution in [1.82, 2.24) is 14.5 Å². The van der Waals surface area contributed by atoms with Crippen LogP contribution < -0.4 is 0 Å². The highest BCUT2D eigenvalue weighted by Gasteiger charge is 2.26. The van der Waals surface area contributed by atoms with Gasteiger partial charge in [-0.25, -0.2) is 4.98 Å². The molecule has 5 heteroatoms. The van der Waals surface area contributed by atoms with E-state index in [1.807, 2.05) is 30.9 Å². The van der Waals surface area contributed by atoms with Gasteiger partial charge in [0.05, 0.1) is 19.1 Å². The molecule has 100 valence electrons. The van der Waals surface area contributed by atoms with Gasteiger partial charge < -0.3 is 9.30 Å². The molecule has 0 N–H and O–H groups in total. The number of esters is 1. The molecule has 0 unspecified atom stereocenters. The smallest absolute Gasteiger partial charge is 0.309 e. The molecule has 0 bridgehead atoms. The van der Waals surface area contributed by atoms with Crippen molar-refractivity contribution in [3.05, 3.63) is 18.2 Å². The van der Waals surface area contributed by atoms with Crippen molar-refractivity contribution in [2.45, 2.75) is 26.3 Å². The Bertz CT molecular complexity index is 395.